The van der Waals surface area contributed by atoms with Gasteiger partial charge >= 0.3 is 5.97 Å². The maximum absolute atomic E-state index is 11.9. The van der Waals surface area contributed by atoms with E-state index >= 15 is 0 Å². The molecule has 2 rings (SSSR count). The van der Waals surface area contributed by atoms with E-state index in [2.05, 4.69) is 0 Å². The highest BCUT2D eigenvalue weighted by molar-refractivity contribution is 5.95. The predicted molar refractivity (Wildman–Crippen MR) is 85.4 cm³/mol. The molecule has 0 saturated carbocycles. The smallest absolute Gasteiger partial charge is 0.342 e. The first-order valence-corrected chi connectivity index (χ1v) is 7.30. The SMILES string of the molecule is CCOC(=O)c1c(C)cc(-c2ccc(OCC)cc2)cc1O. The summed E-state index contributed by atoms with van der Waals surface area (Å²) in [5, 5.41) is 10.1. The van der Waals surface area contributed by atoms with Crippen LogP contribution in [0.2, 0.25) is 0 Å². The molecule has 0 fully saturated rings. The number of hydrogen-bond donors (Lipinski definition) is 1. The summed E-state index contributed by atoms with van der Waals surface area (Å²) in [7, 11) is 0. The van der Waals surface area contributed by atoms with Gasteiger partial charge in [0.1, 0.15) is 17.1 Å². The van der Waals surface area contributed by atoms with Crippen molar-refractivity contribution in [1.82, 2.24) is 0 Å². The Hall–Kier alpha value is -2.49. The molecular formula is C18H20O4. The van der Waals surface area contributed by atoms with Gasteiger partial charge in [0.2, 0.25) is 0 Å². The van der Waals surface area contributed by atoms with Crippen molar-refractivity contribution in [2.45, 2.75) is 20.8 Å². The number of hydrogen-bond acceptors (Lipinski definition) is 4. The second-order valence-corrected chi connectivity index (χ2v) is 4.87. The van der Waals surface area contributed by atoms with Gasteiger partial charge in [-0.1, -0.05) is 18.2 Å². The highest BCUT2D eigenvalue weighted by atomic mass is 16.5. The van der Waals surface area contributed by atoms with Crippen LogP contribution < -0.4 is 4.74 Å². The van der Waals surface area contributed by atoms with E-state index in [-0.39, 0.29) is 17.9 Å². The number of rotatable bonds is 5. The first-order valence-electron chi connectivity index (χ1n) is 7.30. The molecule has 0 amide bonds. The zero-order chi connectivity index (χ0) is 16.1. The molecule has 4 nitrogen and oxygen atoms in total. The zero-order valence-electron chi connectivity index (χ0n) is 13.1. The van der Waals surface area contributed by atoms with E-state index in [1.165, 1.54) is 0 Å². The molecule has 0 aliphatic rings. The Morgan fingerprint density at radius 2 is 1.73 bits per heavy atom. The molecule has 0 heterocycles. The van der Waals surface area contributed by atoms with Crippen LogP contribution in [0.4, 0.5) is 0 Å². The summed E-state index contributed by atoms with van der Waals surface area (Å²) in [6, 6.07) is 11.0. The number of carbonyl (C=O) groups is 1. The van der Waals surface area contributed by atoms with Crippen LogP contribution in [0.25, 0.3) is 11.1 Å². The maximum atomic E-state index is 11.9. The lowest BCUT2D eigenvalue weighted by atomic mass is 9.99. The average molecular weight is 300 g/mol. The number of aryl methyl sites for hydroxylation is 1. The third-order valence-corrected chi connectivity index (χ3v) is 3.29. The minimum atomic E-state index is -0.504. The summed E-state index contributed by atoms with van der Waals surface area (Å²) in [6.45, 7) is 6.35. The molecule has 0 saturated heterocycles. The summed E-state index contributed by atoms with van der Waals surface area (Å²) in [6.07, 6.45) is 0. The van der Waals surface area contributed by atoms with Gasteiger partial charge in [-0.05, 0) is 55.7 Å². The molecule has 0 bridgehead atoms. The van der Waals surface area contributed by atoms with Gasteiger partial charge in [0.25, 0.3) is 0 Å². The molecule has 0 radical (unpaired) electrons. The minimum Gasteiger partial charge on any atom is -0.507 e. The third kappa shape index (κ3) is 3.39. The van der Waals surface area contributed by atoms with Crippen molar-refractivity contribution in [1.29, 1.82) is 0 Å². The Morgan fingerprint density at radius 1 is 1.05 bits per heavy atom. The largest absolute Gasteiger partial charge is 0.507 e. The van der Waals surface area contributed by atoms with E-state index in [1.807, 2.05) is 37.3 Å². The fraction of sp³-hybridized carbons (Fsp3) is 0.278. The quantitative estimate of drug-likeness (QED) is 0.850. The molecule has 1 N–H and O–H groups in total. The van der Waals surface area contributed by atoms with Crippen molar-refractivity contribution in [2.75, 3.05) is 13.2 Å². The number of phenolic OH excluding ortho intramolecular Hbond substituents is 1. The van der Waals surface area contributed by atoms with Crippen molar-refractivity contribution < 1.29 is 19.4 Å². The fourth-order valence-electron chi connectivity index (χ4n) is 2.31. The number of benzene rings is 2. The first-order chi connectivity index (χ1) is 10.6. The van der Waals surface area contributed by atoms with Gasteiger partial charge in [-0.3, -0.25) is 0 Å². The summed E-state index contributed by atoms with van der Waals surface area (Å²) in [5.74, 6) is 0.230. The Bertz CT molecular complexity index is 636. The monoisotopic (exact) mass is 300 g/mol. The lowest BCUT2D eigenvalue weighted by molar-refractivity contribution is 0.0522. The number of esters is 1. The molecule has 4 heteroatoms. The van der Waals surface area contributed by atoms with Crippen molar-refractivity contribution >= 4 is 5.97 Å². The van der Waals surface area contributed by atoms with E-state index in [0.29, 0.717) is 12.2 Å². The van der Waals surface area contributed by atoms with Gasteiger partial charge in [-0.15, -0.1) is 0 Å². The normalized spacial score (nSPS) is 10.3. The summed E-state index contributed by atoms with van der Waals surface area (Å²) in [4.78, 5) is 11.9. The second-order valence-electron chi connectivity index (χ2n) is 4.87. The van der Waals surface area contributed by atoms with E-state index in [9.17, 15) is 9.90 Å². The van der Waals surface area contributed by atoms with Gasteiger partial charge in [0.05, 0.1) is 13.2 Å². The van der Waals surface area contributed by atoms with Crippen LogP contribution in [-0.4, -0.2) is 24.3 Å². The number of ether oxygens (including phenoxy) is 2. The third-order valence-electron chi connectivity index (χ3n) is 3.29. The number of phenols is 1. The summed E-state index contributed by atoms with van der Waals surface area (Å²) in [5.41, 5.74) is 2.68. The number of carbonyl (C=O) groups excluding carboxylic acids is 1. The maximum Gasteiger partial charge on any atom is 0.342 e. The fourth-order valence-corrected chi connectivity index (χ4v) is 2.31. The van der Waals surface area contributed by atoms with E-state index in [4.69, 9.17) is 9.47 Å². The Morgan fingerprint density at radius 3 is 2.27 bits per heavy atom. The highest BCUT2D eigenvalue weighted by Crippen LogP contribution is 2.31. The van der Waals surface area contributed by atoms with Crippen LogP contribution >= 0.6 is 0 Å². The molecule has 22 heavy (non-hydrogen) atoms. The van der Waals surface area contributed by atoms with Crippen molar-refractivity contribution in [3.05, 3.63) is 47.5 Å². The molecule has 0 spiro atoms. The van der Waals surface area contributed by atoms with Gasteiger partial charge in [-0.2, -0.15) is 0 Å². The van der Waals surface area contributed by atoms with Crippen molar-refractivity contribution in [3.63, 3.8) is 0 Å². The Kier molecular flexibility index (Phi) is 5.04. The van der Waals surface area contributed by atoms with Crippen LogP contribution in [0.3, 0.4) is 0 Å². The summed E-state index contributed by atoms with van der Waals surface area (Å²) >= 11 is 0. The molecular weight excluding hydrogens is 280 g/mol. The van der Waals surface area contributed by atoms with Crippen molar-refractivity contribution in [3.8, 4) is 22.6 Å². The predicted octanol–water partition coefficient (Wildman–Crippen LogP) is 3.94. The van der Waals surface area contributed by atoms with Crippen LogP contribution in [0.5, 0.6) is 11.5 Å². The lowest BCUT2D eigenvalue weighted by Gasteiger charge is -2.11. The molecule has 0 aromatic heterocycles. The molecule has 2 aromatic carbocycles. The lowest BCUT2D eigenvalue weighted by Crippen LogP contribution is -2.07. The molecule has 2 aromatic rings. The second kappa shape index (κ2) is 6.98. The Balaban J connectivity index is 2.35. The van der Waals surface area contributed by atoms with Gasteiger partial charge in [0, 0.05) is 0 Å². The number of aromatic hydroxyl groups is 1. The molecule has 116 valence electrons. The van der Waals surface area contributed by atoms with Crippen molar-refractivity contribution in [2.24, 2.45) is 0 Å². The van der Waals surface area contributed by atoms with Crippen LogP contribution in [0.1, 0.15) is 29.8 Å². The topological polar surface area (TPSA) is 55.8 Å². The van der Waals surface area contributed by atoms with Gasteiger partial charge in [0.15, 0.2) is 0 Å². The van der Waals surface area contributed by atoms with Gasteiger partial charge in [-0.25, -0.2) is 4.79 Å². The minimum absolute atomic E-state index is 0.0673. The highest BCUT2D eigenvalue weighted by Gasteiger charge is 2.17. The molecule has 0 atom stereocenters. The van der Waals surface area contributed by atoms with E-state index in [1.54, 1.807) is 19.9 Å². The van der Waals surface area contributed by atoms with E-state index < -0.39 is 5.97 Å². The molecule has 0 aliphatic carbocycles. The summed E-state index contributed by atoms with van der Waals surface area (Å²) < 4.78 is 10.4. The van der Waals surface area contributed by atoms with Crippen LogP contribution in [-0.2, 0) is 4.74 Å². The van der Waals surface area contributed by atoms with Gasteiger partial charge < -0.3 is 14.6 Å². The Labute approximate surface area is 130 Å². The van der Waals surface area contributed by atoms with E-state index in [0.717, 1.165) is 16.9 Å². The van der Waals surface area contributed by atoms with Crippen LogP contribution in [0, 0.1) is 6.92 Å². The average Bonchev–Trinajstić information content (AvgIpc) is 2.48. The molecule has 0 unspecified atom stereocenters. The van der Waals surface area contributed by atoms with Crippen LogP contribution in [0.15, 0.2) is 36.4 Å². The standard InChI is InChI=1S/C18H20O4/c1-4-21-15-8-6-13(7-9-15)14-10-12(3)17(16(19)11-14)18(20)22-5-2/h6-11,19H,4-5H2,1-3H3. The molecule has 0 aliphatic heterocycles. The first kappa shape index (κ1) is 15.9. The zero-order valence-corrected chi connectivity index (χ0v) is 13.1.